The molecule has 0 spiro atoms. The van der Waals surface area contributed by atoms with Gasteiger partial charge in [0.05, 0.1) is 7.11 Å². The van der Waals surface area contributed by atoms with E-state index in [0.717, 1.165) is 5.56 Å². The Hall–Kier alpha value is -3.59. The van der Waals surface area contributed by atoms with Crippen molar-refractivity contribution in [1.29, 1.82) is 5.26 Å². The van der Waals surface area contributed by atoms with Crippen LogP contribution in [0.1, 0.15) is 11.1 Å². The Bertz CT molecular complexity index is 883. The summed E-state index contributed by atoms with van der Waals surface area (Å²) < 4.78 is 24.0. The van der Waals surface area contributed by atoms with Gasteiger partial charge in [0.2, 0.25) is 0 Å². The Balaban J connectivity index is 2.15. The van der Waals surface area contributed by atoms with Gasteiger partial charge in [-0.1, -0.05) is 24.3 Å². The van der Waals surface area contributed by atoms with Crippen molar-refractivity contribution in [3.8, 4) is 17.6 Å². The van der Waals surface area contributed by atoms with Gasteiger partial charge in [0, 0.05) is 6.54 Å². The average molecular weight is 366 g/mol. The van der Waals surface area contributed by atoms with E-state index in [0.29, 0.717) is 17.1 Å². The molecule has 0 heterocycles. The lowest BCUT2D eigenvalue weighted by Gasteiger charge is -2.11. The third kappa shape index (κ3) is 5.72. The van der Waals surface area contributed by atoms with E-state index < -0.39 is 5.91 Å². The maximum absolute atomic E-state index is 12.9. The van der Waals surface area contributed by atoms with Crippen LogP contribution < -0.4 is 14.8 Å². The fraction of sp³-hybridized carbons (Fsp3) is 0.143. The van der Waals surface area contributed by atoms with Gasteiger partial charge in [-0.25, -0.2) is 4.39 Å². The summed E-state index contributed by atoms with van der Waals surface area (Å²) in [4.78, 5) is 11.9. The van der Waals surface area contributed by atoms with Crippen LogP contribution in [0.3, 0.4) is 0 Å². The van der Waals surface area contributed by atoms with Crippen LogP contribution in [-0.2, 0) is 11.4 Å². The first-order chi connectivity index (χ1) is 13.1. The number of rotatable bonds is 8. The molecule has 2 aromatic carbocycles. The van der Waals surface area contributed by atoms with Gasteiger partial charge in [0.15, 0.2) is 11.5 Å². The lowest BCUT2D eigenvalue weighted by molar-refractivity contribution is -0.116. The van der Waals surface area contributed by atoms with Gasteiger partial charge in [-0.3, -0.25) is 4.79 Å². The lowest BCUT2D eigenvalue weighted by Crippen LogP contribution is -2.24. The van der Waals surface area contributed by atoms with Crippen molar-refractivity contribution in [3.05, 3.63) is 77.6 Å². The Morgan fingerprint density at radius 2 is 2.00 bits per heavy atom. The average Bonchev–Trinajstić information content (AvgIpc) is 2.70. The molecule has 6 heteroatoms. The van der Waals surface area contributed by atoms with Crippen LogP contribution in [0.15, 0.2) is 60.7 Å². The Labute approximate surface area is 157 Å². The van der Waals surface area contributed by atoms with Gasteiger partial charge in [-0.2, -0.15) is 5.26 Å². The highest BCUT2D eigenvalue weighted by Gasteiger charge is 2.10. The molecule has 5 nitrogen and oxygen atoms in total. The smallest absolute Gasteiger partial charge is 0.262 e. The second-order valence-corrected chi connectivity index (χ2v) is 5.49. The molecule has 0 saturated heterocycles. The zero-order chi connectivity index (χ0) is 19.6. The van der Waals surface area contributed by atoms with Crippen molar-refractivity contribution in [2.75, 3.05) is 13.7 Å². The minimum atomic E-state index is -0.479. The van der Waals surface area contributed by atoms with Gasteiger partial charge in [-0.05, 0) is 41.5 Å². The molecule has 2 rings (SSSR count). The zero-order valence-corrected chi connectivity index (χ0v) is 14.9. The molecule has 1 N–H and O–H groups in total. The third-order valence-electron chi connectivity index (χ3n) is 3.58. The molecule has 1 amide bonds. The normalized spacial score (nSPS) is 10.6. The number of halogens is 1. The zero-order valence-electron chi connectivity index (χ0n) is 14.9. The fourth-order valence-electron chi connectivity index (χ4n) is 2.21. The molecular weight excluding hydrogens is 347 g/mol. The van der Waals surface area contributed by atoms with E-state index in [-0.39, 0.29) is 24.5 Å². The molecule has 0 bridgehead atoms. The van der Waals surface area contributed by atoms with Crippen LogP contribution in [0.2, 0.25) is 0 Å². The highest BCUT2D eigenvalue weighted by Crippen LogP contribution is 2.29. The van der Waals surface area contributed by atoms with Gasteiger partial charge < -0.3 is 14.8 Å². The van der Waals surface area contributed by atoms with E-state index in [9.17, 15) is 14.4 Å². The summed E-state index contributed by atoms with van der Waals surface area (Å²) >= 11 is 0. The van der Waals surface area contributed by atoms with Crippen LogP contribution in [0, 0.1) is 17.1 Å². The summed E-state index contributed by atoms with van der Waals surface area (Å²) in [5, 5.41) is 11.7. The Kier molecular flexibility index (Phi) is 7.15. The van der Waals surface area contributed by atoms with Crippen molar-refractivity contribution in [2.45, 2.75) is 6.61 Å². The molecule has 27 heavy (non-hydrogen) atoms. The van der Waals surface area contributed by atoms with Gasteiger partial charge >= 0.3 is 0 Å². The summed E-state index contributed by atoms with van der Waals surface area (Å²) in [6.45, 7) is 4.04. The van der Waals surface area contributed by atoms with Crippen molar-refractivity contribution in [3.63, 3.8) is 0 Å². The number of amides is 1. The van der Waals surface area contributed by atoms with Crippen molar-refractivity contribution in [2.24, 2.45) is 0 Å². The van der Waals surface area contributed by atoms with E-state index in [2.05, 4.69) is 11.9 Å². The molecule has 0 aliphatic heterocycles. The van der Waals surface area contributed by atoms with E-state index in [1.165, 1.54) is 31.4 Å². The number of hydrogen-bond acceptors (Lipinski definition) is 4. The minimum absolute atomic E-state index is 0.0288. The van der Waals surface area contributed by atoms with Crippen molar-refractivity contribution in [1.82, 2.24) is 5.32 Å². The van der Waals surface area contributed by atoms with Crippen LogP contribution in [0.4, 0.5) is 4.39 Å². The largest absolute Gasteiger partial charge is 0.493 e. The molecule has 0 aliphatic rings. The number of carbonyl (C=O) groups excluding carboxylic acids is 1. The van der Waals surface area contributed by atoms with E-state index >= 15 is 0 Å². The van der Waals surface area contributed by atoms with E-state index in [4.69, 9.17) is 9.47 Å². The van der Waals surface area contributed by atoms with E-state index in [1.807, 2.05) is 6.07 Å². The molecule has 0 saturated carbocycles. The predicted octanol–water partition coefficient (Wildman–Crippen LogP) is 3.62. The SMILES string of the molecule is C=CCNC(=O)/C(C#N)=C/c1ccc(OCc2ccc(F)cc2)c(OC)c1. The standard InChI is InChI=1S/C21H19FN2O3/c1-3-10-24-21(25)17(13-23)11-16-6-9-19(20(12-16)26-2)27-14-15-4-7-18(22)8-5-15/h3-9,11-12H,1,10,14H2,2H3,(H,24,25)/b17-11+. The minimum Gasteiger partial charge on any atom is -0.493 e. The van der Waals surface area contributed by atoms with Crippen LogP contribution >= 0.6 is 0 Å². The summed E-state index contributed by atoms with van der Waals surface area (Å²) in [6.07, 6.45) is 2.99. The first-order valence-electron chi connectivity index (χ1n) is 8.13. The third-order valence-corrected chi connectivity index (χ3v) is 3.58. The predicted molar refractivity (Wildman–Crippen MR) is 101 cm³/mol. The lowest BCUT2D eigenvalue weighted by atomic mass is 10.1. The number of hydrogen-bond donors (Lipinski definition) is 1. The van der Waals surface area contributed by atoms with Crippen molar-refractivity contribution >= 4 is 12.0 Å². The first-order valence-corrected chi connectivity index (χ1v) is 8.13. The number of benzene rings is 2. The van der Waals surface area contributed by atoms with Crippen LogP contribution in [0.5, 0.6) is 11.5 Å². The molecule has 0 fully saturated rings. The number of nitrogens with zero attached hydrogens (tertiary/aromatic N) is 1. The Morgan fingerprint density at radius 3 is 2.63 bits per heavy atom. The second-order valence-electron chi connectivity index (χ2n) is 5.49. The number of nitriles is 1. The number of nitrogens with one attached hydrogen (secondary N) is 1. The summed E-state index contributed by atoms with van der Waals surface area (Å²) in [7, 11) is 1.50. The number of ether oxygens (including phenoxy) is 2. The van der Waals surface area contributed by atoms with Gasteiger partial charge in [0.1, 0.15) is 24.1 Å². The molecule has 2 aromatic rings. The number of methoxy groups -OCH3 is 1. The highest BCUT2D eigenvalue weighted by molar-refractivity contribution is 6.01. The maximum Gasteiger partial charge on any atom is 0.262 e. The quantitative estimate of drug-likeness (QED) is 0.440. The fourth-order valence-corrected chi connectivity index (χ4v) is 2.21. The molecule has 0 radical (unpaired) electrons. The van der Waals surface area contributed by atoms with Gasteiger partial charge in [0.25, 0.3) is 5.91 Å². The Morgan fingerprint density at radius 1 is 1.26 bits per heavy atom. The topological polar surface area (TPSA) is 71.4 Å². The second kappa shape index (κ2) is 9.78. The summed E-state index contributed by atoms with van der Waals surface area (Å²) in [5.41, 5.74) is 1.40. The molecule has 0 aliphatic carbocycles. The van der Waals surface area contributed by atoms with Crippen LogP contribution in [0.25, 0.3) is 6.08 Å². The first kappa shape index (κ1) is 19.7. The molecular formula is C21H19FN2O3. The summed E-state index contributed by atoms with van der Waals surface area (Å²) in [6, 6.07) is 12.9. The highest BCUT2D eigenvalue weighted by atomic mass is 19.1. The molecule has 138 valence electrons. The summed E-state index contributed by atoms with van der Waals surface area (Å²) in [5.74, 6) is 0.161. The van der Waals surface area contributed by atoms with E-state index in [1.54, 1.807) is 30.3 Å². The molecule has 0 unspecified atom stereocenters. The molecule has 0 aromatic heterocycles. The maximum atomic E-state index is 12.9. The van der Waals surface area contributed by atoms with Crippen LogP contribution in [-0.4, -0.2) is 19.6 Å². The van der Waals surface area contributed by atoms with Gasteiger partial charge in [-0.15, -0.1) is 6.58 Å². The molecule has 0 atom stereocenters. The number of carbonyl (C=O) groups is 1. The van der Waals surface area contributed by atoms with Crippen molar-refractivity contribution < 1.29 is 18.7 Å². The monoisotopic (exact) mass is 366 g/mol.